The Morgan fingerprint density at radius 3 is 3.28 bits per heavy atom. The van der Waals surface area contributed by atoms with Crippen molar-refractivity contribution in [1.82, 2.24) is 15.1 Å². The Morgan fingerprint density at radius 1 is 1.61 bits per heavy atom. The van der Waals surface area contributed by atoms with Crippen LogP contribution in [0.4, 0.5) is 5.69 Å². The van der Waals surface area contributed by atoms with Gasteiger partial charge in [-0.1, -0.05) is 12.8 Å². The summed E-state index contributed by atoms with van der Waals surface area (Å²) in [5.41, 5.74) is 0.613. The molecular weight excluding hydrogens is 228 g/mol. The molecule has 1 saturated heterocycles. The molecule has 2 N–H and O–H groups in total. The van der Waals surface area contributed by atoms with Crippen LogP contribution >= 0.6 is 0 Å². The van der Waals surface area contributed by atoms with Crippen LogP contribution in [0.2, 0.25) is 0 Å². The molecule has 1 aromatic rings. The van der Waals surface area contributed by atoms with E-state index in [-0.39, 0.29) is 11.3 Å². The van der Waals surface area contributed by atoms with Gasteiger partial charge in [-0.3, -0.25) is 9.48 Å². The molecular formula is C13H20N4O. The van der Waals surface area contributed by atoms with Crippen molar-refractivity contribution >= 4 is 11.6 Å². The van der Waals surface area contributed by atoms with E-state index in [0.29, 0.717) is 5.92 Å². The number of amides is 1. The fourth-order valence-corrected chi connectivity index (χ4v) is 3.43. The van der Waals surface area contributed by atoms with Gasteiger partial charge in [-0.15, -0.1) is 0 Å². The van der Waals surface area contributed by atoms with Gasteiger partial charge in [0, 0.05) is 19.8 Å². The maximum Gasteiger partial charge on any atom is 0.232 e. The summed E-state index contributed by atoms with van der Waals surface area (Å²) < 4.78 is 1.71. The Morgan fingerprint density at radius 2 is 2.50 bits per heavy atom. The van der Waals surface area contributed by atoms with Crippen LogP contribution < -0.4 is 10.6 Å². The van der Waals surface area contributed by atoms with Crippen molar-refractivity contribution in [3.8, 4) is 0 Å². The molecule has 2 atom stereocenters. The monoisotopic (exact) mass is 248 g/mol. The number of carbonyl (C=O) groups excluding carboxylic acids is 1. The number of nitrogens with zero attached hydrogens (tertiary/aromatic N) is 2. The van der Waals surface area contributed by atoms with Gasteiger partial charge in [0.25, 0.3) is 0 Å². The number of hydrogen-bond acceptors (Lipinski definition) is 3. The first-order valence-electron chi connectivity index (χ1n) is 6.71. The third kappa shape index (κ3) is 1.82. The molecule has 0 bridgehead atoms. The number of carbonyl (C=O) groups is 1. The normalized spacial score (nSPS) is 31.1. The Bertz CT molecular complexity index is 456. The SMILES string of the molecule is Cn1cc(NC(=O)[C@@]23CCCC[C@H]2CNC3)cn1. The average Bonchev–Trinajstić information content (AvgIpc) is 2.96. The first-order chi connectivity index (χ1) is 8.71. The minimum atomic E-state index is -0.186. The van der Waals surface area contributed by atoms with Gasteiger partial charge in [-0.25, -0.2) is 0 Å². The van der Waals surface area contributed by atoms with Crippen LogP contribution in [-0.2, 0) is 11.8 Å². The molecule has 5 heteroatoms. The van der Waals surface area contributed by atoms with E-state index in [4.69, 9.17) is 0 Å². The van der Waals surface area contributed by atoms with Gasteiger partial charge in [-0.2, -0.15) is 5.10 Å². The molecule has 2 aliphatic rings. The topological polar surface area (TPSA) is 59.0 Å². The van der Waals surface area contributed by atoms with Crippen LogP contribution in [0.5, 0.6) is 0 Å². The number of rotatable bonds is 2. The Balaban J connectivity index is 1.78. The predicted molar refractivity (Wildman–Crippen MR) is 69.1 cm³/mol. The Labute approximate surface area is 107 Å². The highest BCUT2D eigenvalue weighted by molar-refractivity contribution is 5.96. The molecule has 1 saturated carbocycles. The van der Waals surface area contributed by atoms with Gasteiger partial charge in [0.2, 0.25) is 5.91 Å². The summed E-state index contributed by atoms with van der Waals surface area (Å²) in [5.74, 6) is 0.674. The van der Waals surface area contributed by atoms with Crippen LogP contribution in [0.25, 0.3) is 0 Å². The molecule has 98 valence electrons. The highest BCUT2D eigenvalue weighted by Gasteiger charge is 2.49. The van der Waals surface area contributed by atoms with Crippen molar-refractivity contribution in [2.24, 2.45) is 18.4 Å². The van der Waals surface area contributed by atoms with Crippen molar-refractivity contribution in [2.75, 3.05) is 18.4 Å². The lowest BCUT2D eigenvalue weighted by Crippen LogP contribution is -2.44. The van der Waals surface area contributed by atoms with E-state index in [0.717, 1.165) is 25.2 Å². The summed E-state index contributed by atoms with van der Waals surface area (Å²) in [6, 6.07) is 0. The number of aromatic nitrogens is 2. The van der Waals surface area contributed by atoms with Crippen LogP contribution in [0.1, 0.15) is 25.7 Å². The van der Waals surface area contributed by atoms with E-state index in [1.807, 2.05) is 13.2 Å². The quantitative estimate of drug-likeness (QED) is 0.825. The summed E-state index contributed by atoms with van der Waals surface area (Å²) in [4.78, 5) is 12.6. The smallest absolute Gasteiger partial charge is 0.232 e. The molecule has 1 aliphatic heterocycles. The molecule has 1 amide bonds. The van der Waals surface area contributed by atoms with Gasteiger partial charge >= 0.3 is 0 Å². The molecule has 18 heavy (non-hydrogen) atoms. The minimum absolute atomic E-state index is 0.171. The summed E-state index contributed by atoms with van der Waals surface area (Å²) in [5, 5.41) is 10.5. The second kappa shape index (κ2) is 4.39. The lowest BCUT2D eigenvalue weighted by molar-refractivity contribution is -0.128. The Hall–Kier alpha value is -1.36. The molecule has 0 radical (unpaired) electrons. The number of aryl methyl sites for hydroxylation is 1. The lowest BCUT2D eigenvalue weighted by Gasteiger charge is -2.36. The molecule has 2 heterocycles. The molecule has 1 aliphatic carbocycles. The first-order valence-corrected chi connectivity index (χ1v) is 6.71. The number of fused-ring (bicyclic) bond motifs is 1. The average molecular weight is 248 g/mol. The zero-order valence-corrected chi connectivity index (χ0v) is 10.8. The third-order valence-corrected chi connectivity index (χ3v) is 4.45. The summed E-state index contributed by atoms with van der Waals surface area (Å²) in [7, 11) is 1.86. The van der Waals surface area contributed by atoms with Crippen molar-refractivity contribution in [3.05, 3.63) is 12.4 Å². The van der Waals surface area contributed by atoms with E-state index in [1.54, 1.807) is 10.9 Å². The second-order valence-electron chi connectivity index (χ2n) is 5.59. The minimum Gasteiger partial charge on any atom is -0.323 e. The number of hydrogen-bond donors (Lipinski definition) is 2. The van der Waals surface area contributed by atoms with Crippen molar-refractivity contribution < 1.29 is 4.79 Å². The van der Waals surface area contributed by atoms with Crippen LogP contribution in [0.3, 0.4) is 0 Å². The second-order valence-corrected chi connectivity index (χ2v) is 5.59. The first kappa shape index (κ1) is 11.7. The largest absolute Gasteiger partial charge is 0.323 e. The van der Waals surface area contributed by atoms with E-state index in [1.165, 1.54) is 19.3 Å². The number of nitrogens with one attached hydrogen (secondary N) is 2. The van der Waals surface area contributed by atoms with Crippen LogP contribution in [-0.4, -0.2) is 28.8 Å². The third-order valence-electron chi connectivity index (χ3n) is 4.45. The molecule has 2 fully saturated rings. The summed E-state index contributed by atoms with van der Waals surface area (Å²) in [6.45, 7) is 1.81. The van der Waals surface area contributed by atoms with Gasteiger partial charge in [-0.05, 0) is 25.3 Å². The van der Waals surface area contributed by atoms with Gasteiger partial charge in [0.1, 0.15) is 0 Å². The molecule has 1 aromatic heterocycles. The van der Waals surface area contributed by atoms with Crippen molar-refractivity contribution in [2.45, 2.75) is 25.7 Å². The maximum absolute atomic E-state index is 12.6. The highest BCUT2D eigenvalue weighted by atomic mass is 16.2. The molecule has 5 nitrogen and oxygen atoms in total. The maximum atomic E-state index is 12.6. The molecule has 3 rings (SSSR count). The molecule has 0 unspecified atom stereocenters. The van der Waals surface area contributed by atoms with Gasteiger partial charge in [0.15, 0.2) is 0 Å². The summed E-state index contributed by atoms with van der Waals surface area (Å²) >= 11 is 0. The lowest BCUT2D eigenvalue weighted by atomic mass is 9.67. The van der Waals surface area contributed by atoms with Crippen molar-refractivity contribution in [1.29, 1.82) is 0 Å². The van der Waals surface area contributed by atoms with E-state index in [2.05, 4.69) is 15.7 Å². The molecule has 0 aromatic carbocycles. The number of anilines is 1. The van der Waals surface area contributed by atoms with Gasteiger partial charge < -0.3 is 10.6 Å². The summed E-state index contributed by atoms with van der Waals surface area (Å²) in [6.07, 6.45) is 8.15. The highest BCUT2D eigenvalue weighted by Crippen LogP contribution is 2.44. The van der Waals surface area contributed by atoms with Crippen LogP contribution in [0, 0.1) is 11.3 Å². The predicted octanol–water partition coefficient (Wildman–Crippen LogP) is 1.14. The zero-order valence-electron chi connectivity index (χ0n) is 10.8. The Kier molecular flexibility index (Phi) is 2.86. The standard InChI is InChI=1S/C13H20N4O/c1-17-8-11(7-15-17)16-12(18)13-5-3-2-4-10(13)6-14-9-13/h7-8,10,14H,2-6,9H2,1H3,(H,16,18)/t10-,13+/m0/s1. The van der Waals surface area contributed by atoms with Gasteiger partial charge in [0.05, 0.1) is 17.3 Å². The molecule has 0 spiro atoms. The van der Waals surface area contributed by atoms with E-state index < -0.39 is 0 Å². The van der Waals surface area contributed by atoms with E-state index in [9.17, 15) is 4.79 Å². The fraction of sp³-hybridized carbons (Fsp3) is 0.692. The van der Waals surface area contributed by atoms with E-state index >= 15 is 0 Å². The fourth-order valence-electron chi connectivity index (χ4n) is 3.43. The van der Waals surface area contributed by atoms with Crippen molar-refractivity contribution in [3.63, 3.8) is 0 Å². The van der Waals surface area contributed by atoms with Crippen LogP contribution in [0.15, 0.2) is 12.4 Å². The zero-order chi connectivity index (χ0) is 12.6.